The molecular formula is C28H37N3O3. The van der Waals surface area contributed by atoms with Crippen molar-refractivity contribution in [3.8, 4) is 5.88 Å². The van der Waals surface area contributed by atoms with E-state index < -0.39 is 0 Å². The average molecular weight is 464 g/mol. The summed E-state index contributed by atoms with van der Waals surface area (Å²) in [6.45, 7) is 7.08. The van der Waals surface area contributed by atoms with Crippen LogP contribution in [0.1, 0.15) is 65.3 Å². The second kappa shape index (κ2) is 11.5. The first kappa shape index (κ1) is 24.3. The molecule has 0 unspecified atom stereocenters. The molecular weight excluding hydrogens is 426 g/mol. The van der Waals surface area contributed by atoms with Crippen LogP contribution in [0.2, 0.25) is 0 Å². The van der Waals surface area contributed by atoms with E-state index in [-0.39, 0.29) is 5.91 Å². The summed E-state index contributed by atoms with van der Waals surface area (Å²) in [5.74, 6) is 0.549. The Morgan fingerprint density at radius 2 is 2.03 bits per heavy atom. The number of aromatic nitrogens is 1. The van der Waals surface area contributed by atoms with E-state index >= 15 is 0 Å². The van der Waals surface area contributed by atoms with E-state index in [1.165, 1.54) is 5.56 Å². The number of ether oxygens (including phenoxy) is 2. The summed E-state index contributed by atoms with van der Waals surface area (Å²) in [5.41, 5.74) is 6.11. The van der Waals surface area contributed by atoms with Crippen molar-refractivity contribution in [1.82, 2.24) is 10.3 Å². The van der Waals surface area contributed by atoms with Crippen LogP contribution in [0.15, 0.2) is 36.4 Å². The number of fused-ring (bicyclic) bond motifs is 2. The van der Waals surface area contributed by atoms with Crippen molar-refractivity contribution in [2.24, 2.45) is 0 Å². The van der Waals surface area contributed by atoms with Gasteiger partial charge in [0.15, 0.2) is 0 Å². The van der Waals surface area contributed by atoms with Crippen LogP contribution in [0, 0.1) is 6.92 Å². The number of aryl methyl sites for hydroxylation is 2. The van der Waals surface area contributed by atoms with Crippen LogP contribution >= 0.6 is 0 Å². The number of hydrogen-bond acceptors (Lipinski definition) is 5. The van der Waals surface area contributed by atoms with Crippen molar-refractivity contribution in [2.75, 3.05) is 31.8 Å². The van der Waals surface area contributed by atoms with Crippen molar-refractivity contribution in [3.05, 3.63) is 64.4 Å². The zero-order valence-corrected chi connectivity index (χ0v) is 20.7. The van der Waals surface area contributed by atoms with Crippen LogP contribution in [0.25, 0.3) is 0 Å². The summed E-state index contributed by atoms with van der Waals surface area (Å²) in [5, 5.41) is 3.17. The number of methoxy groups -OCH3 is 1. The molecule has 1 aromatic carbocycles. The van der Waals surface area contributed by atoms with Crippen molar-refractivity contribution >= 4 is 11.6 Å². The van der Waals surface area contributed by atoms with Gasteiger partial charge in [0, 0.05) is 54.9 Å². The second-order valence-corrected chi connectivity index (χ2v) is 9.09. The minimum atomic E-state index is -0.0545. The molecule has 3 heterocycles. The summed E-state index contributed by atoms with van der Waals surface area (Å²) in [4.78, 5) is 20.5. The molecule has 2 aliphatic heterocycles. The summed E-state index contributed by atoms with van der Waals surface area (Å²) in [6.07, 6.45) is 10.2. The number of allylic oxidation sites excluding steroid dienone is 2. The maximum Gasteiger partial charge on any atom is 0.251 e. The van der Waals surface area contributed by atoms with Crippen LogP contribution < -0.4 is 15.0 Å². The van der Waals surface area contributed by atoms with Gasteiger partial charge < -0.3 is 19.7 Å². The van der Waals surface area contributed by atoms with Crippen molar-refractivity contribution in [3.63, 3.8) is 0 Å². The Balaban J connectivity index is 1.70. The number of pyridine rings is 1. The van der Waals surface area contributed by atoms with Crippen LogP contribution in [0.3, 0.4) is 0 Å². The topological polar surface area (TPSA) is 63.7 Å². The van der Waals surface area contributed by atoms with E-state index in [0.29, 0.717) is 18.5 Å². The Morgan fingerprint density at radius 1 is 1.21 bits per heavy atom. The van der Waals surface area contributed by atoms with Crippen LogP contribution in [-0.4, -0.2) is 43.8 Å². The van der Waals surface area contributed by atoms with Crippen molar-refractivity contribution < 1.29 is 14.3 Å². The lowest BCUT2D eigenvalue weighted by atomic mass is 9.97. The molecule has 1 saturated heterocycles. The van der Waals surface area contributed by atoms with Gasteiger partial charge in [0.1, 0.15) is 0 Å². The van der Waals surface area contributed by atoms with E-state index in [9.17, 15) is 4.79 Å². The minimum absolute atomic E-state index is 0.0545. The number of rotatable bonds is 4. The molecule has 0 radical (unpaired) electrons. The predicted molar refractivity (Wildman–Crippen MR) is 136 cm³/mol. The average Bonchev–Trinajstić information content (AvgIpc) is 2.87. The highest BCUT2D eigenvalue weighted by Crippen LogP contribution is 2.30. The molecule has 0 saturated carbocycles. The van der Waals surface area contributed by atoms with Crippen LogP contribution in [-0.2, 0) is 24.1 Å². The van der Waals surface area contributed by atoms with E-state index in [2.05, 4.69) is 46.4 Å². The lowest BCUT2D eigenvalue weighted by Gasteiger charge is -2.37. The lowest BCUT2D eigenvalue weighted by molar-refractivity contribution is 0.0845. The molecule has 182 valence electrons. The lowest BCUT2D eigenvalue weighted by Crippen LogP contribution is -2.40. The highest BCUT2D eigenvalue weighted by Gasteiger charge is 2.25. The fourth-order valence-electron chi connectivity index (χ4n) is 5.20. The maximum atomic E-state index is 13.5. The first-order valence-electron chi connectivity index (χ1n) is 12.5. The van der Waals surface area contributed by atoms with Gasteiger partial charge in [-0.2, -0.15) is 0 Å². The normalized spacial score (nSPS) is 17.4. The van der Waals surface area contributed by atoms with E-state index in [1.54, 1.807) is 7.11 Å². The van der Waals surface area contributed by atoms with Gasteiger partial charge in [0.25, 0.3) is 5.91 Å². The summed E-state index contributed by atoms with van der Waals surface area (Å²) in [7, 11) is 1.64. The van der Waals surface area contributed by atoms with E-state index in [0.717, 1.165) is 86.4 Å². The molecule has 1 fully saturated rings. The number of nitrogens with one attached hydrogen (secondary N) is 1. The molecule has 2 aliphatic rings. The van der Waals surface area contributed by atoms with E-state index in [4.69, 9.17) is 9.47 Å². The molecule has 0 aliphatic carbocycles. The molecule has 1 aromatic heterocycles. The number of benzene rings is 1. The second-order valence-electron chi connectivity index (χ2n) is 9.09. The van der Waals surface area contributed by atoms with Gasteiger partial charge in [-0.25, -0.2) is 4.98 Å². The quantitative estimate of drug-likeness (QED) is 0.662. The van der Waals surface area contributed by atoms with E-state index in [1.807, 2.05) is 19.1 Å². The third kappa shape index (κ3) is 5.44. The minimum Gasteiger partial charge on any atom is -0.481 e. The zero-order valence-electron chi connectivity index (χ0n) is 20.7. The van der Waals surface area contributed by atoms with Gasteiger partial charge in [-0.15, -0.1) is 0 Å². The molecule has 0 atom stereocenters. The summed E-state index contributed by atoms with van der Waals surface area (Å²) < 4.78 is 11.2. The van der Waals surface area contributed by atoms with Gasteiger partial charge in [0.2, 0.25) is 5.88 Å². The van der Waals surface area contributed by atoms with Gasteiger partial charge in [-0.3, -0.25) is 4.79 Å². The number of carbonyl (C=O) groups is 1. The number of hydrogen-bond donors (Lipinski definition) is 1. The number of amides is 1. The third-order valence-electron chi connectivity index (χ3n) is 6.91. The van der Waals surface area contributed by atoms with Crippen molar-refractivity contribution in [1.29, 1.82) is 0 Å². The maximum absolute atomic E-state index is 13.5. The molecule has 6 nitrogen and oxygen atoms in total. The first-order chi connectivity index (χ1) is 16.6. The fraction of sp³-hybridized carbons (Fsp3) is 0.500. The monoisotopic (exact) mass is 463 g/mol. The molecule has 0 spiro atoms. The number of anilines is 1. The highest BCUT2D eigenvalue weighted by molar-refractivity contribution is 5.97. The largest absolute Gasteiger partial charge is 0.481 e. The number of nitrogens with zero attached hydrogens (tertiary/aromatic N) is 2. The molecule has 2 aromatic rings. The first-order valence-corrected chi connectivity index (χ1v) is 12.5. The Hall–Kier alpha value is -2.86. The SMILES string of the molecule is CCN(c1cccc2c1CC=CCCCc1cc(C)nc(OC)c1CNC2=O)C1CCOCC1. The molecule has 1 N–H and O–H groups in total. The Kier molecular flexibility index (Phi) is 8.22. The number of carbonyl (C=O) groups excluding carboxylic acids is 1. The van der Waals surface area contributed by atoms with Gasteiger partial charge in [0.05, 0.1) is 7.11 Å². The Labute approximate surface area is 203 Å². The van der Waals surface area contributed by atoms with Crippen LogP contribution in [0.4, 0.5) is 5.69 Å². The molecule has 0 bridgehead atoms. The fourth-order valence-corrected chi connectivity index (χ4v) is 5.20. The summed E-state index contributed by atoms with van der Waals surface area (Å²) in [6, 6.07) is 8.68. The highest BCUT2D eigenvalue weighted by atomic mass is 16.5. The van der Waals surface area contributed by atoms with Gasteiger partial charge in [-0.05, 0) is 81.7 Å². The standard InChI is InChI=1S/C28H37N3O3/c1-4-31(22-14-16-34-17-15-22)26-13-9-12-24-23(26)11-8-6-5-7-10-21-18-20(2)30-28(33-3)25(21)19-29-27(24)32/h6,8-9,12-13,18,22H,4-5,7,10-11,14-17,19H2,1-3H3,(H,29,32). The summed E-state index contributed by atoms with van der Waals surface area (Å²) >= 11 is 0. The molecule has 4 rings (SSSR count). The van der Waals surface area contributed by atoms with Gasteiger partial charge in [-0.1, -0.05) is 18.2 Å². The Morgan fingerprint density at radius 3 is 2.79 bits per heavy atom. The van der Waals surface area contributed by atoms with Crippen molar-refractivity contribution in [2.45, 2.75) is 65.0 Å². The third-order valence-corrected chi connectivity index (χ3v) is 6.91. The van der Waals surface area contributed by atoms with Crippen LogP contribution in [0.5, 0.6) is 5.88 Å². The molecule has 1 amide bonds. The zero-order chi connectivity index (χ0) is 23.9. The molecule has 34 heavy (non-hydrogen) atoms. The Bertz CT molecular complexity index is 1030. The molecule has 6 heteroatoms. The van der Waals surface area contributed by atoms with Gasteiger partial charge >= 0.3 is 0 Å². The predicted octanol–water partition coefficient (Wildman–Crippen LogP) is 4.77. The smallest absolute Gasteiger partial charge is 0.251 e.